The third kappa shape index (κ3) is 3.60. The van der Waals surface area contributed by atoms with Gasteiger partial charge in [0.1, 0.15) is 12.3 Å². The number of carbonyl (C=O) groups excluding carboxylic acids is 1. The number of phenols is 1. The molecule has 0 aliphatic rings. The van der Waals surface area contributed by atoms with E-state index in [0.29, 0.717) is 11.3 Å². The number of aliphatic carboxylic acids is 1. The molecule has 0 heterocycles. The second-order valence-electron chi connectivity index (χ2n) is 4.67. The Kier molecular flexibility index (Phi) is 4.23. The Labute approximate surface area is 122 Å². The van der Waals surface area contributed by atoms with Crippen LogP contribution in [0.4, 0.5) is 5.69 Å². The van der Waals surface area contributed by atoms with Crippen molar-refractivity contribution >= 4 is 17.6 Å². The van der Waals surface area contributed by atoms with Crippen molar-refractivity contribution < 1.29 is 19.8 Å². The van der Waals surface area contributed by atoms with E-state index in [1.54, 1.807) is 24.3 Å². The average Bonchev–Trinajstić information content (AvgIpc) is 2.46. The molecule has 108 valence electrons. The van der Waals surface area contributed by atoms with Gasteiger partial charge in [0.25, 0.3) is 5.91 Å². The SMILES string of the molecule is Cc1ccc(C(=O)N(CC(=O)O)c2ccc(O)cc2)cc1. The van der Waals surface area contributed by atoms with Crippen molar-refractivity contribution in [3.8, 4) is 5.75 Å². The van der Waals surface area contributed by atoms with Crippen LogP contribution in [0, 0.1) is 6.92 Å². The smallest absolute Gasteiger partial charge is 0.323 e. The minimum atomic E-state index is -1.11. The number of hydrogen-bond acceptors (Lipinski definition) is 3. The third-order valence-corrected chi connectivity index (χ3v) is 3.00. The number of benzene rings is 2. The molecule has 5 heteroatoms. The van der Waals surface area contributed by atoms with Crippen molar-refractivity contribution in [3.63, 3.8) is 0 Å². The molecule has 2 rings (SSSR count). The summed E-state index contributed by atoms with van der Waals surface area (Å²) in [4.78, 5) is 24.6. The van der Waals surface area contributed by atoms with E-state index in [1.165, 1.54) is 24.3 Å². The fraction of sp³-hybridized carbons (Fsp3) is 0.125. The Morgan fingerprint density at radius 1 is 1.00 bits per heavy atom. The molecule has 0 spiro atoms. The highest BCUT2D eigenvalue weighted by molar-refractivity contribution is 6.08. The maximum Gasteiger partial charge on any atom is 0.323 e. The van der Waals surface area contributed by atoms with Gasteiger partial charge >= 0.3 is 5.97 Å². The standard InChI is InChI=1S/C16H15NO4/c1-11-2-4-12(5-3-11)16(21)17(10-15(19)20)13-6-8-14(18)9-7-13/h2-9,18H,10H2,1H3,(H,19,20). The molecule has 0 aromatic heterocycles. The Morgan fingerprint density at radius 3 is 2.10 bits per heavy atom. The number of carbonyl (C=O) groups is 2. The minimum Gasteiger partial charge on any atom is -0.508 e. The summed E-state index contributed by atoms with van der Waals surface area (Å²) in [6.45, 7) is 1.46. The van der Waals surface area contributed by atoms with E-state index in [0.717, 1.165) is 10.5 Å². The van der Waals surface area contributed by atoms with Crippen molar-refractivity contribution in [1.82, 2.24) is 0 Å². The second-order valence-corrected chi connectivity index (χ2v) is 4.67. The third-order valence-electron chi connectivity index (χ3n) is 3.00. The number of anilines is 1. The molecule has 2 aromatic carbocycles. The molecule has 0 aliphatic carbocycles. The van der Waals surface area contributed by atoms with E-state index in [1.807, 2.05) is 6.92 Å². The summed E-state index contributed by atoms with van der Waals surface area (Å²) in [5.41, 5.74) is 1.84. The zero-order valence-corrected chi connectivity index (χ0v) is 11.5. The molecule has 1 amide bonds. The topological polar surface area (TPSA) is 77.8 Å². The number of carboxylic acid groups (broad SMARTS) is 1. The number of hydrogen-bond donors (Lipinski definition) is 2. The van der Waals surface area contributed by atoms with Crippen LogP contribution in [-0.2, 0) is 4.79 Å². The fourth-order valence-electron chi connectivity index (χ4n) is 1.90. The number of rotatable bonds is 4. The monoisotopic (exact) mass is 285 g/mol. The molecule has 5 nitrogen and oxygen atoms in total. The molecular weight excluding hydrogens is 270 g/mol. The van der Waals surface area contributed by atoms with E-state index in [2.05, 4.69) is 0 Å². The van der Waals surface area contributed by atoms with Crippen molar-refractivity contribution in [2.75, 3.05) is 11.4 Å². The fourth-order valence-corrected chi connectivity index (χ4v) is 1.90. The van der Waals surface area contributed by atoms with E-state index in [4.69, 9.17) is 5.11 Å². The number of aryl methyl sites for hydroxylation is 1. The number of nitrogens with zero attached hydrogens (tertiary/aromatic N) is 1. The number of aromatic hydroxyl groups is 1. The predicted octanol–water partition coefficient (Wildman–Crippen LogP) is 2.43. The lowest BCUT2D eigenvalue weighted by atomic mass is 10.1. The van der Waals surface area contributed by atoms with E-state index < -0.39 is 18.4 Å². The lowest BCUT2D eigenvalue weighted by Crippen LogP contribution is -2.35. The van der Waals surface area contributed by atoms with Crippen LogP contribution in [0.25, 0.3) is 0 Å². The van der Waals surface area contributed by atoms with Crippen molar-refractivity contribution in [2.24, 2.45) is 0 Å². The molecule has 0 aliphatic heterocycles. The normalized spacial score (nSPS) is 10.1. The quantitative estimate of drug-likeness (QED) is 0.904. The summed E-state index contributed by atoms with van der Waals surface area (Å²) in [5.74, 6) is -1.46. The van der Waals surface area contributed by atoms with Crippen LogP contribution in [-0.4, -0.2) is 28.6 Å². The molecule has 0 saturated carbocycles. The molecule has 0 unspecified atom stereocenters. The first kappa shape index (κ1) is 14.6. The first-order valence-electron chi connectivity index (χ1n) is 6.37. The van der Waals surface area contributed by atoms with Crippen molar-refractivity contribution in [3.05, 3.63) is 59.7 Å². The van der Waals surface area contributed by atoms with Gasteiger partial charge in [0.05, 0.1) is 0 Å². The molecule has 0 radical (unpaired) electrons. The Hall–Kier alpha value is -2.82. The highest BCUT2D eigenvalue weighted by atomic mass is 16.4. The summed E-state index contributed by atoms with van der Waals surface area (Å²) >= 11 is 0. The highest BCUT2D eigenvalue weighted by Crippen LogP contribution is 2.20. The number of amides is 1. The molecule has 0 fully saturated rings. The Bertz CT molecular complexity index is 647. The zero-order chi connectivity index (χ0) is 15.4. The average molecular weight is 285 g/mol. The molecule has 0 saturated heterocycles. The lowest BCUT2D eigenvalue weighted by Gasteiger charge is -2.21. The van der Waals surface area contributed by atoms with Crippen molar-refractivity contribution in [1.29, 1.82) is 0 Å². The Balaban J connectivity index is 2.35. The maximum atomic E-state index is 12.5. The lowest BCUT2D eigenvalue weighted by molar-refractivity contribution is -0.135. The molecule has 0 atom stereocenters. The van der Waals surface area contributed by atoms with Crippen LogP contribution in [0.1, 0.15) is 15.9 Å². The minimum absolute atomic E-state index is 0.0526. The van der Waals surface area contributed by atoms with Gasteiger partial charge in [-0.3, -0.25) is 14.5 Å². The molecule has 2 N–H and O–H groups in total. The van der Waals surface area contributed by atoms with Gasteiger partial charge in [-0.15, -0.1) is 0 Å². The van der Waals surface area contributed by atoms with Gasteiger partial charge in [0.2, 0.25) is 0 Å². The second kappa shape index (κ2) is 6.09. The van der Waals surface area contributed by atoms with E-state index in [-0.39, 0.29) is 5.75 Å². The van der Waals surface area contributed by atoms with Gasteiger partial charge in [-0.05, 0) is 43.3 Å². The summed E-state index contributed by atoms with van der Waals surface area (Å²) in [7, 11) is 0. The van der Waals surface area contributed by atoms with Gasteiger partial charge in [-0.2, -0.15) is 0 Å². The van der Waals surface area contributed by atoms with Gasteiger partial charge in [0.15, 0.2) is 0 Å². The van der Waals surface area contributed by atoms with Crippen LogP contribution in [0.15, 0.2) is 48.5 Å². The Morgan fingerprint density at radius 2 is 1.57 bits per heavy atom. The number of carboxylic acids is 1. The molecule has 2 aromatic rings. The summed E-state index contributed by atoms with van der Waals surface area (Å²) in [5, 5.41) is 18.3. The molecule has 21 heavy (non-hydrogen) atoms. The summed E-state index contributed by atoms with van der Waals surface area (Å²) in [6.07, 6.45) is 0. The van der Waals surface area contributed by atoms with Crippen LogP contribution in [0.2, 0.25) is 0 Å². The van der Waals surface area contributed by atoms with E-state index >= 15 is 0 Å². The zero-order valence-electron chi connectivity index (χ0n) is 11.5. The highest BCUT2D eigenvalue weighted by Gasteiger charge is 2.20. The maximum absolute atomic E-state index is 12.5. The first-order chi connectivity index (χ1) is 9.97. The van der Waals surface area contributed by atoms with Crippen LogP contribution in [0.3, 0.4) is 0 Å². The largest absolute Gasteiger partial charge is 0.508 e. The van der Waals surface area contributed by atoms with E-state index in [9.17, 15) is 14.7 Å². The molecule has 0 bridgehead atoms. The van der Waals surface area contributed by atoms with Crippen LogP contribution in [0.5, 0.6) is 5.75 Å². The first-order valence-corrected chi connectivity index (χ1v) is 6.37. The molecular formula is C16H15NO4. The summed E-state index contributed by atoms with van der Waals surface area (Å²) in [6, 6.07) is 12.7. The van der Waals surface area contributed by atoms with Crippen molar-refractivity contribution in [2.45, 2.75) is 6.92 Å². The van der Waals surface area contributed by atoms with Gasteiger partial charge in [-0.1, -0.05) is 17.7 Å². The number of phenolic OH excluding ortho intramolecular Hbond substituents is 1. The van der Waals surface area contributed by atoms with Crippen LogP contribution >= 0.6 is 0 Å². The summed E-state index contributed by atoms with van der Waals surface area (Å²) < 4.78 is 0. The van der Waals surface area contributed by atoms with Crippen LogP contribution < -0.4 is 4.90 Å². The van der Waals surface area contributed by atoms with Gasteiger partial charge < -0.3 is 10.2 Å². The van der Waals surface area contributed by atoms with Gasteiger partial charge in [0, 0.05) is 11.3 Å². The van der Waals surface area contributed by atoms with Gasteiger partial charge in [-0.25, -0.2) is 0 Å². The predicted molar refractivity (Wildman–Crippen MR) is 78.6 cm³/mol.